The number of benzene rings is 1. The zero-order valence-corrected chi connectivity index (χ0v) is 16.7. The third kappa shape index (κ3) is 15.7. The molecule has 1 fully saturated rings. The summed E-state index contributed by atoms with van der Waals surface area (Å²) in [6.45, 7) is 13.6. The zero-order valence-electron chi connectivity index (χ0n) is 13.7. The van der Waals surface area contributed by atoms with Crippen LogP contribution in [-0.2, 0) is 27.5 Å². The summed E-state index contributed by atoms with van der Waals surface area (Å²) in [7, 11) is 0. The fraction of sp³-hybridized carbons (Fsp3) is 0.588. The van der Waals surface area contributed by atoms with E-state index < -0.39 is 0 Å². The van der Waals surface area contributed by atoms with E-state index in [0.29, 0.717) is 0 Å². The van der Waals surface area contributed by atoms with E-state index in [1.54, 1.807) is 6.92 Å². The number of hydrogen-bond donors (Lipinski definition) is 2. The Kier molecular flexibility index (Phi) is 25.9. The quantitative estimate of drug-likeness (QED) is 0.491. The van der Waals surface area contributed by atoms with Crippen LogP contribution >= 0.6 is 0 Å². The molecule has 0 amide bonds. The van der Waals surface area contributed by atoms with Crippen molar-refractivity contribution in [3.63, 3.8) is 0 Å². The Hall–Kier alpha value is -0.332. The Bertz CT molecular complexity index is 245. The first-order chi connectivity index (χ1) is 9.33. The minimum atomic E-state index is 0. The van der Waals surface area contributed by atoms with Crippen LogP contribution in [0.15, 0.2) is 24.3 Å². The summed E-state index contributed by atoms with van der Waals surface area (Å²) in [5.41, 5.74) is 7.66. The van der Waals surface area contributed by atoms with Gasteiger partial charge in [-0.3, -0.25) is 0 Å². The molecule has 0 aromatic heterocycles. The molecule has 3 heteroatoms. The Morgan fingerprint density at radius 2 is 1.45 bits per heavy atom. The number of hydrogen-bond acceptors (Lipinski definition) is 2. The van der Waals surface area contributed by atoms with Crippen molar-refractivity contribution < 1.29 is 21.1 Å². The number of aryl methyl sites for hydroxylation is 1. The molecule has 1 aromatic carbocycles. The molecule has 1 aliphatic rings. The minimum Gasteiger partial charge on any atom is -0.399 e. The molecule has 1 aliphatic heterocycles. The molecule has 0 radical (unpaired) electrons. The zero-order chi connectivity index (χ0) is 14.9. The molecule has 0 atom stereocenters. The summed E-state index contributed by atoms with van der Waals surface area (Å²) < 4.78 is 0. The maximum Gasteiger partial charge on any atom is 0.0314 e. The first kappa shape index (κ1) is 24.7. The Labute approximate surface area is 141 Å². The average Bonchev–Trinajstić information content (AvgIpc) is 2.54. The van der Waals surface area contributed by atoms with E-state index in [-0.39, 0.29) is 21.1 Å². The van der Waals surface area contributed by atoms with Crippen molar-refractivity contribution in [3.05, 3.63) is 36.8 Å². The molecule has 0 unspecified atom stereocenters. The normalized spacial score (nSPS) is 12.1. The smallest absolute Gasteiger partial charge is 0.0314 e. The molecule has 1 heterocycles. The number of nitrogens with two attached hydrogens (primary N) is 1. The second kappa shape index (κ2) is 21.0. The van der Waals surface area contributed by atoms with Gasteiger partial charge in [0.1, 0.15) is 0 Å². The monoisotopic (exact) mass is 449 g/mol. The van der Waals surface area contributed by atoms with Gasteiger partial charge in [-0.15, -0.1) is 0 Å². The molecule has 2 rings (SSSR count). The Morgan fingerprint density at radius 3 is 1.70 bits per heavy atom. The molecule has 0 saturated carbocycles. The summed E-state index contributed by atoms with van der Waals surface area (Å²) >= 11 is 0. The number of piperidine rings is 1. The molecular weight excluding hydrogens is 416 g/mol. The molecule has 1 aromatic rings. The van der Waals surface area contributed by atoms with Gasteiger partial charge in [0, 0.05) is 26.8 Å². The van der Waals surface area contributed by atoms with Crippen LogP contribution in [0.3, 0.4) is 0 Å². The van der Waals surface area contributed by atoms with Gasteiger partial charge < -0.3 is 18.0 Å². The fourth-order valence-corrected chi connectivity index (χ4v) is 1.56. The van der Waals surface area contributed by atoms with Crippen LogP contribution in [0.1, 0.15) is 52.5 Å². The first-order valence-corrected chi connectivity index (χ1v) is 7.58. The number of nitrogen functional groups attached to an aromatic ring is 1. The number of anilines is 1. The summed E-state index contributed by atoms with van der Waals surface area (Å²) in [6.07, 6.45) is 5.30. The predicted octanol–water partition coefficient (Wildman–Crippen LogP) is 4.46. The van der Waals surface area contributed by atoms with E-state index in [1.807, 2.05) is 26.0 Å². The molecule has 20 heavy (non-hydrogen) atoms. The topological polar surface area (TPSA) is 38.0 Å². The summed E-state index contributed by atoms with van der Waals surface area (Å²) in [4.78, 5) is 0. The predicted molar refractivity (Wildman–Crippen MR) is 89.3 cm³/mol. The van der Waals surface area contributed by atoms with Gasteiger partial charge in [-0.2, -0.15) is 6.92 Å². The van der Waals surface area contributed by atoms with Gasteiger partial charge in [0.05, 0.1) is 0 Å². The molecule has 118 valence electrons. The standard InChI is InChI=1S/C8H11N.C5H11N.C2H6.C2H5.W/c1-2-7-3-5-8(9)6-4-7;1-2-4-6-5-3-1;2*1-2;/h3-6H,2,9H2,1H3;6H,1-5H2;1-2H3;1H2,2H3;/q;;;-1;. The average molecular weight is 449 g/mol. The fourth-order valence-electron chi connectivity index (χ4n) is 1.56. The second-order valence-electron chi connectivity index (χ2n) is 3.91. The van der Waals surface area contributed by atoms with Gasteiger partial charge in [0.2, 0.25) is 0 Å². The van der Waals surface area contributed by atoms with E-state index in [4.69, 9.17) is 5.73 Å². The molecule has 0 spiro atoms. The largest absolute Gasteiger partial charge is 0.399 e. The van der Waals surface area contributed by atoms with E-state index in [9.17, 15) is 0 Å². The summed E-state index contributed by atoms with van der Waals surface area (Å²) in [5, 5.41) is 3.28. The summed E-state index contributed by atoms with van der Waals surface area (Å²) in [5.74, 6) is 0. The van der Waals surface area contributed by atoms with Crippen LogP contribution in [0, 0.1) is 6.92 Å². The first-order valence-electron chi connectivity index (χ1n) is 7.58. The number of nitrogens with one attached hydrogen (secondary N) is 1. The van der Waals surface area contributed by atoms with Crippen molar-refractivity contribution in [3.8, 4) is 0 Å². The van der Waals surface area contributed by atoms with Crippen molar-refractivity contribution in [1.29, 1.82) is 0 Å². The molecule has 2 nitrogen and oxygen atoms in total. The maximum absolute atomic E-state index is 5.48. The van der Waals surface area contributed by atoms with Crippen molar-refractivity contribution in [1.82, 2.24) is 5.32 Å². The van der Waals surface area contributed by atoms with Crippen LogP contribution in [0.25, 0.3) is 0 Å². The van der Waals surface area contributed by atoms with Crippen molar-refractivity contribution in [2.24, 2.45) is 0 Å². The van der Waals surface area contributed by atoms with Gasteiger partial charge in [0.15, 0.2) is 0 Å². The van der Waals surface area contributed by atoms with Gasteiger partial charge in [-0.25, -0.2) is 0 Å². The Morgan fingerprint density at radius 1 is 1.00 bits per heavy atom. The van der Waals surface area contributed by atoms with Gasteiger partial charge >= 0.3 is 0 Å². The van der Waals surface area contributed by atoms with Crippen LogP contribution in [0.5, 0.6) is 0 Å². The third-order valence-electron chi connectivity index (χ3n) is 2.60. The Balaban J connectivity index is -0.000000231. The van der Waals surface area contributed by atoms with E-state index in [0.717, 1.165) is 12.1 Å². The third-order valence-corrected chi connectivity index (χ3v) is 2.60. The molecule has 0 bridgehead atoms. The molecular formula is C17H33N2W-. The SMILES string of the molecule is C1CCNCC1.CC.CCc1ccc(N)cc1.[CH2-]C.[W]. The second-order valence-corrected chi connectivity index (χ2v) is 3.91. The summed E-state index contributed by atoms with van der Waals surface area (Å²) in [6, 6.07) is 7.96. The molecule has 3 N–H and O–H groups in total. The molecule has 1 saturated heterocycles. The van der Waals surface area contributed by atoms with Crippen molar-refractivity contribution in [2.75, 3.05) is 18.8 Å². The van der Waals surface area contributed by atoms with E-state index >= 15 is 0 Å². The molecule has 0 aliphatic carbocycles. The van der Waals surface area contributed by atoms with Gasteiger partial charge in [-0.1, -0.05) is 39.3 Å². The van der Waals surface area contributed by atoms with Crippen LogP contribution in [-0.4, -0.2) is 13.1 Å². The van der Waals surface area contributed by atoms with Crippen molar-refractivity contribution in [2.45, 2.75) is 53.4 Å². The van der Waals surface area contributed by atoms with Crippen molar-refractivity contribution >= 4 is 5.69 Å². The van der Waals surface area contributed by atoms with Crippen LogP contribution < -0.4 is 11.1 Å². The van der Waals surface area contributed by atoms with E-state index in [1.165, 1.54) is 37.9 Å². The van der Waals surface area contributed by atoms with E-state index in [2.05, 4.69) is 31.3 Å². The minimum absolute atomic E-state index is 0. The van der Waals surface area contributed by atoms with Crippen LogP contribution in [0.4, 0.5) is 5.69 Å². The maximum atomic E-state index is 5.48. The van der Waals surface area contributed by atoms with Gasteiger partial charge in [-0.05, 0) is 50.0 Å². The number of rotatable bonds is 1. The van der Waals surface area contributed by atoms with Crippen LogP contribution in [0.2, 0.25) is 0 Å². The van der Waals surface area contributed by atoms with Gasteiger partial charge in [0.25, 0.3) is 0 Å².